The van der Waals surface area contributed by atoms with Crippen molar-refractivity contribution in [2.75, 3.05) is 18.0 Å². The van der Waals surface area contributed by atoms with Crippen LogP contribution in [0.2, 0.25) is 0 Å². The van der Waals surface area contributed by atoms with Gasteiger partial charge in [0.2, 0.25) is 10.0 Å². The minimum absolute atomic E-state index is 0.149. The molecule has 3 rings (SSSR count). The second kappa shape index (κ2) is 6.83. The van der Waals surface area contributed by atoms with Crippen molar-refractivity contribution in [3.05, 3.63) is 59.7 Å². The molecule has 1 atom stereocenters. The van der Waals surface area contributed by atoms with Gasteiger partial charge in [0.25, 0.3) is 5.91 Å². The van der Waals surface area contributed by atoms with Crippen molar-refractivity contribution in [3.63, 3.8) is 0 Å². The average Bonchev–Trinajstić information content (AvgIpc) is 3.04. The first-order chi connectivity index (χ1) is 12.3. The van der Waals surface area contributed by atoms with Gasteiger partial charge in [0.15, 0.2) is 0 Å². The molecule has 1 amide bonds. The van der Waals surface area contributed by atoms with Crippen LogP contribution in [0.5, 0.6) is 0 Å². The van der Waals surface area contributed by atoms with E-state index in [1.807, 2.05) is 30.3 Å². The van der Waals surface area contributed by atoms with Crippen molar-refractivity contribution < 1.29 is 13.2 Å². The molecule has 0 fully saturated rings. The predicted molar refractivity (Wildman–Crippen MR) is 101 cm³/mol. The van der Waals surface area contributed by atoms with Gasteiger partial charge in [-0.1, -0.05) is 43.3 Å². The number of nitrogens with two attached hydrogens (primary N) is 1. The summed E-state index contributed by atoms with van der Waals surface area (Å²) in [5.41, 5.74) is 7.45. The maximum atomic E-state index is 13.2. The van der Waals surface area contributed by atoms with Crippen LogP contribution in [0.1, 0.15) is 25.0 Å². The molecule has 7 heteroatoms. The number of benzene rings is 2. The fourth-order valence-corrected chi connectivity index (χ4v) is 4.26. The molecular formula is C19H23N3O3S. The van der Waals surface area contributed by atoms with E-state index in [1.165, 1.54) is 0 Å². The van der Waals surface area contributed by atoms with Gasteiger partial charge in [-0.05, 0) is 36.6 Å². The molecule has 26 heavy (non-hydrogen) atoms. The Morgan fingerprint density at radius 1 is 1.23 bits per heavy atom. The Morgan fingerprint density at radius 3 is 2.58 bits per heavy atom. The highest BCUT2D eigenvalue weighted by Gasteiger charge is 2.38. The normalized spacial score (nSPS) is 16.2. The number of carbonyl (C=O) groups is 1. The summed E-state index contributed by atoms with van der Waals surface area (Å²) in [5, 5.41) is 0. The van der Waals surface area contributed by atoms with Gasteiger partial charge in [-0.2, -0.15) is 0 Å². The highest BCUT2D eigenvalue weighted by molar-refractivity contribution is 7.89. The van der Waals surface area contributed by atoms with E-state index in [1.54, 1.807) is 36.9 Å². The van der Waals surface area contributed by atoms with Crippen molar-refractivity contribution in [3.8, 4) is 0 Å². The van der Waals surface area contributed by atoms with E-state index in [4.69, 9.17) is 5.73 Å². The van der Waals surface area contributed by atoms with Gasteiger partial charge in [0.05, 0.1) is 4.90 Å². The van der Waals surface area contributed by atoms with E-state index in [0.717, 1.165) is 11.1 Å². The summed E-state index contributed by atoms with van der Waals surface area (Å²) in [5.74, 6) is -0.250. The summed E-state index contributed by atoms with van der Waals surface area (Å²) in [7, 11) is -3.59. The number of nitrogens with one attached hydrogen (secondary N) is 1. The first-order valence-electron chi connectivity index (χ1n) is 8.56. The third kappa shape index (κ3) is 3.25. The molecule has 3 N–H and O–H groups in total. The number of hydrogen-bond acceptors (Lipinski definition) is 4. The van der Waals surface area contributed by atoms with Gasteiger partial charge >= 0.3 is 0 Å². The van der Waals surface area contributed by atoms with Gasteiger partial charge < -0.3 is 10.6 Å². The molecule has 1 heterocycles. The molecule has 6 nitrogen and oxygen atoms in total. The summed E-state index contributed by atoms with van der Waals surface area (Å²) in [6.45, 7) is 4.19. The van der Waals surface area contributed by atoms with E-state index in [0.29, 0.717) is 25.2 Å². The minimum atomic E-state index is -3.59. The van der Waals surface area contributed by atoms with Crippen molar-refractivity contribution in [2.24, 2.45) is 5.73 Å². The highest BCUT2D eigenvalue weighted by Crippen LogP contribution is 2.33. The van der Waals surface area contributed by atoms with Gasteiger partial charge in [0, 0.05) is 18.8 Å². The SMILES string of the molecule is CCNS(=O)(=O)c1ccc2c(c1)N(C(=O)C(C)(N)c1ccccc1)CC2. The molecule has 2 aromatic carbocycles. The van der Waals surface area contributed by atoms with Gasteiger partial charge in [-0.25, -0.2) is 13.1 Å². The highest BCUT2D eigenvalue weighted by atomic mass is 32.2. The topological polar surface area (TPSA) is 92.5 Å². The monoisotopic (exact) mass is 373 g/mol. The number of rotatable bonds is 5. The molecule has 1 aliphatic heterocycles. The standard InChI is InChI=1S/C19H23N3O3S/c1-3-21-26(24,25)16-10-9-14-11-12-22(17(14)13-16)18(23)19(2,20)15-7-5-4-6-8-15/h4-10,13,21H,3,11-12,20H2,1-2H3. The van der Waals surface area contributed by atoms with Crippen LogP contribution in [0.3, 0.4) is 0 Å². The third-order valence-electron chi connectivity index (χ3n) is 4.66. The largest absolute Gasteiger partial charge is 0.314 e. The van der Waals surface area contributed by atoms with Crippen LogP contribution in [0.15, 0.2) is 53.4 Å². The van der Waals surface area contributed by atoms with E-state index in [9.17, 15) is 13.2 Å². The van der Waals surface area contributed by atoms with E-state index in [-0.39, 0.29) is 10.8 Å². The molecule has 1 unspecified atom stereocenters. The van der Waals surface area contributed by atoms with Crippen molar-refractivity contribution >= 4 is 21.6 Å². The molecule has 0 bridgehead atoms. The number of hydrogen-bond donors (Lipinski definition) is 2. The zero-order valence-corrected chi connectivity index (χ0v) is 15.7. The van der Waals surface area contributed by atoms with Gasteiger partial charge in [-0.15, -0.1) is 0 Å². The lowest BCUT2D eigenvalue weighted by Gasteiger charge is -2.30. The lowest BCUT2D eigenvalue weighted by atomic mass is 9.91. The van der Waals surface area contributed by atoms with Crippen molar-refractivity contribution in [1.82, 2.24) is 4.72 Å². The fraction of sp³-hybridized carbons (Fsp3) is 0.316. The Kier molecular flexibility index (Phi) is 4.88. The third-order valence-corrected chi connectivity index (χ3v) is 6.20. The second-order valence-electron chi connectivity index (χ2n) is 6.57. The Bertz CT molecular complexity index is 924. The minimum Gasteiger partial charge on any atom is -0.314 e. The molecule has 0 aromatic heterocycles. The van der Waals surface area contributed by atoms with Crippen LogP contribution in [-0.4, -0.2) is 27.4 Å². The smallest absolute Gasteiger partial charge is 0.251 e. The van der Waals surface area contributed by atoms with Gasteiger partial charge in [0.1, 0.15) is 5.54 Å². The van der Waals surface area contributed by atoms with Gasteiger partial charge in [-0.3, -0.25) is 4.79 Å². The van der Waals surface area contributed by atoms with Crippen LogP contribution in [0, 0.1) is 0 Å². The Labute approximate surface area is 154 Å². The van der Waals surface area contributed by atoms with Crippen molar-refractivity contribution in [2.45, 2.75) is 30.7 Å². The summed E-state index contributed by atoms with van der Waals surface area (Å²) < 4.78 is 27.0. The molecule has 0 saturated heterocycles. The molecule has 0 spiro atoms. The van der Waals surface area contributed by atoms with Crippen LogP contribution in [0.25, 0.3) is 0 Å². The molecule has 0 saturated carbocycles. The average molecular weight is 373 g/mol. The van der Waals surface area contributed by atoms with E-state index < -0.39 is 15.6 Å². The number of amides is 1. The Hall–Kier alpha value is -2.22. The number of anilines is 1. The Morgan fingerprint density at radius 2 is 1.92 bits per heavy atom. The summed E-state index contributed by atoms with van der Waals surface area (Å²) in [6, 6.07) is 14.1. The summed E-state index contributed by atoms with van der Waals surface area (Å²) in [4.78, 5) is 14.9. The summed E-state index contributed by atoms with van der Waals surface area (Å²) in [6.07, 6.45) is 0.674. The first-order valence-corrected chi connectivity index (χ1v) is 10.0. The maximum absolute atomic E-state index is 13.2. The molecule has 138 valence electrons. The quantitative estimate of drug-likeness (QED) is 0.835. The maximum Gasteiger partial charge on any atom is 0.251 e. The second-order valence-corrected chi connectivity index (χ2v) is 8.33. The van der Waals surface area contributed by atoms with Crippen LogP contribution < -0.4 is 15.4 Å². The van der Waals surface area contributed by atoms with Crippen LogP contribution in [-0.2, 0) is 26.8 Å². The lowest BCUT2D eigenvalue weighted by Crippen LogP contribution is -2.50. The number of fused-ring (bicyclic) bond motifs is 1. The number of carbonyl (C=O) groups excluding carboxylic acids is 1. The Balaban J connectivity index is 1.97. The van der Waals surface area contributed by atoms with Crippen molar-refractivity contribution in [1.29, 1.82) is 0 Å². The molecule has 1 aliphatic rings. The first kappa shape index (κ1) is 18.6. The molecule has 0 radical (unpaired) electrons. The van der Waals surface area contributed by atoms with E-state index in [2.05, 4.69) is 4.72 Å². The van der Waals surface area contributed by atoms with Crippen LogP contribution in [0.4, 0.5) is 5.69 Å². The number of sulfonamides is 1. The molecule has 0 aliphatic carbocycles. The van der Waals surface area contributed by atoms with Crippen LogP contribution >= 0.6 is 0 Å². The molecule has 2 aromatic rings. The van der Waals surface area contributed by atoms with E-state index >= 15 is 0 Å². The zero-order valence-electron chi connectivity index (χ0n) is 14.9. The predicted octanol–water partition coefficient (Wildman–Crippen LogP) is 1.75. The zero-order chi connectivity index (χ0) is 18.9. The summed E-state index contributed by atoms with van der Waals surface area (Å²) >= 11 is 0. The number of nitrogens with zero attached hydrogens (tertiary/aromatic N) is 1. The fourth-order valence-electron chi connectivity index (χ4n) is 3.20. The lowest BCUT2D eigenvalue weighted by molar-refractivity contribution is -0.123. The molecular weight excluding hydrogens is 350 g/mol.